The zero-order chi connectivity index (χ0) is 81.3. The fraction of sp³-hybridized carbons (Fsp3) is 0.299. The van der Waals surface area contributed by atoms with Crippen LogP contribution >= 0.6 is 62.9 Å². The summed E-state index contributed by atoms with van der Waals surface area (Å²) >= 11 is 19.5. The molecule has 2 fully saturated rings. The molecule has 11 rings (SSSR count). The molecule has 2 aliphatic heterocycles. The van der Waals surface area contributed by atoms with Gasteiger partial charge in [0.05, 0.1) is 52.2 Å². The number of methoxy groups -OCH3 is 2. The summed E-state index contributed by atoms with van der Waals surface area (Å²) in [5, 5.41) is 58.8. The van der Waals surface area contributed by atoms with Crippen molar-refractivity contribution in [1.82, 2.24) is 39.7 Å². The van der Waals surface area contributed by atoms with Crippen LogP contribution in [0.2, 0.25) is 5.15 Å². The number of carbonyl (C=O) groups excluding carboxylic acids is 2. The van der Waals surface area contributed by atoms with Crippen molar-refractivity contribution in [3.05, 3.63) is 247 Å². The Balaban J connectivity index is 0.000000434. The molecule has 4 aliphatic rings. The highest BCUT2D eigenvalue weighted by Crippen LogP contribution is 2.61. The molecule has 110 heavy (non-hydrogen) atoms. The van der Waals surface area contributed by atoms with Gasteiger partial charge in [-0.15, -0.1) is 12.4 Å². The van der Waals surface area contributed by atoms with Crippen LogP contribution in [0, 0.1) is 67.8 Å². The molecule has 0 spiro atoms. The quantitative estimate of drug-likeness (QED) is 0.00544. The summed E-state index contributed by atoms with van der Waals surface area (Å²) in [5.74, 6) is 2.53. The molecule has 4 aromatic carbocycles. The number of carbonyl (C=O) groups is 2. The lowest BCUT2D eigenvalue weighted by atomic mass is 10.2. The highest BCUT2D eigenvalue weighted by molar-refractivity contribution is 8.24. The Bertz CT molecular complexity index is 4460. The number of anilines is 1. The fourth-order valence-electron chi connectivity index (χ4n) is 8.37. The Morgan fingerprint density at radius 3 is 1.47 bits per heavy atom. The largest absolute Gasteiger partial charge is 0.461 e. The third kappa shape index (κ3) is 37.6. The summed E-state index contributed by atoms with van der Waals surface area (Å²) in [5.41, 5.74) is 14.1. The molecule has 0 bridgehead atoms. The van der Waals surface area contributed by atoms with Gasteiger partial charge in [0, 0.05) is 55.5 Å². The van der Waals surface area contributed by atoms with E-state index in [0.29, 0.717) is 41.3 Å². The third-order valence-corrected chi connectivity index (χ3v) is 13.8. The standard InChI is InChI=1S/C17H15N5O2.C10H6ClN3O2.C10H7N3O3.C7H12N2O4.C7H10N2.C7H8N2.C5H13NO2.C4H7NO4.Cl3OP.ClH/c23-22(24)14-10-19-16(12-4-2-1-3-5-12)21-17(14)20-15-8-13(9-18-15)11-6-7-11;11-9-8(14(15)16)6-12-10(13-9)7-4-2-1-3-5-7;14-10-8(13(15)16)6-11-9(12-10)7-4-2-1-3-5-7;1-4-13-7(10)6(9(11)12)5-8(2)3;8-7-3-6(4-9-7)5-1-2-5;8-7(9)6-4-2-1-3-5-6;1-6(2)5(7-3)8-4;1-2-9-4(6)3-5(7)8;1-5(2,3)4;/h1-5,8,10-11H,6-7,9H2,(H,18,19,20,21);1-6H;1-6H,(H,11,12,14);5H,4H2,1-3H3;3,5H,1-2,4H2,(H2,8,9);1-5H,(H3,8,9);5H,1-4H3;2-3H2,1H3;;1H/b;;;6-5+;;;;;;. The van der Waals surface area contributed by atoms with Crippen LogP contribution in [0.5, 0.6) is 0 Å². The molecule has 0 amide bonds. The average molecular weight is 1650 g/mol. The van der Waals surface area contributed by atoms with Crippen molar-refractivity contribution in [3.63, 3.8) is 0 Å². The topological polar surface area (TPSA) is 520 Å². The van der Waals surface area contributed by atoms with Gasteiger partial charge in [0.2, 0.25) is 17.4 Å². The molecule has 0 atom stereocenters. The van der Waals surface area contributed by atoms with Gasteiger partial charge in [0.15, 0.2) is 11.6 Å². The van der Waals surface area contributed by atoms with Gasteiger partial charge in [0.25, 0.3) is 6.54 Å². The Morgan fingerprint density at radius 2 is 1.11 bits per heavy atom. The van der Waals surface area contributed by atoms with Crippen LogP contribution in [-0.4, -0.2) is 175 Å². The summed E-state index contributed by atoms with van der Waals surface area (Å²) in [6, 6.07) is 36.6. The number of ether oxygens (including phenoxy) is 4. The van der Waals surface area contributed by atoms with Crippen molar-refractivity contribution in [2.45, 2.75) is 45.9 Å². The van der Waals surface area contributed by atoms with E-state index in [4.69, 9.17) is 38.0 Å². The molecule has 5 heterocycles. The number of hydrogen-bond acceptors (Lipinski definition) is 30. The van der Waals surface area contributed by atoms with Crippen molar-refractivity contribution < 1.29 is 57.7 Å². The second-order valence-corrected chi connectivity index (χ2v) is 29.3. The van der Waals surface area contributed by atoms with Crippen molar-refractivity contribution in [1.29, 1.82) is 5.41 Å². The number of nitrogens with zero attached hydrogens (tertiary/aromatic N) is 14. The molecule has 37 nitrogen and oxygen atoms in total. The first-order valence-corrected chi connectivity index (χ1v) is 36.8. The lowest BCUT2D eigenvalue weighted by Gasteiger charge is -2.19. The summed E-state index contributed by atoms with van der Waals surface area (Å²) in [7, 11) is 10.2. The monoisotopic (exact) mass is 1640 g/mol. The number of aromatic nitrogens is 6. The molecule has 0 radical (unpaired) electrons. The maximum Gasteiger partial charge on any atom is 0.411 e. The number of rotatable bonds is 20. The molecule has 3 aromatic heterocycles. The molecular formula is C67H79Cl5N19O18P. The van der Waals surface area contributed by atoms with E-state index < -0.39 is 65.2 Å². The highest BCUT2D eigenvalue weighted by Gasteiger charge is 2.30. The van der Waals surface area contributed by atoms with Gasteiger partial charge in [-0.3, -0.25) is 80.2 Å². The molecule has 7 N–H and O–H groups in total. The van der Waals surface area contributed by atoms with Gasteiger partial charge in [-0.05, 0) is 122 Å². The van der Waals surface area contributed by atoms with E-state index in [1.807, 2.05) is 116 Å². The van der Waals surface area contributed by atoms with Crippen LogP contribution in [-0.2, 0) is 33.1 Å². The van der Waals surface area contributed by atoms with Gasteiger partial charge in [-0.25, -0.2) is 34.5 Å². The minimum Gasteiger partial charge on any atom is -0.461 e. The van der Waals surface area contributed by atoms with Crippen LogP contribution in [0.3, 0.4) is 0 Å². The molecule has 0 saturated heterocycles. The fourth-order valence-corrected chi connectivity index (χ4v) is 8.57. The van der Waals surface area contributed by atoms with Crippen LogP contribution in [0.1, 0.15) is 45.1 Å². The Kier molecular flexibility index (Phi) is 42.9. The molecule has 43 heteroatoms. The van der Waals surface area contributed by atoms with E-state index in [1.165, 1.54) is 47.9 Å². The van der Waals surface area contributed by atoms with Gasteiger partial charge in [-0.2, -0.15) is 0 Å². The summed E-state index contributed by atoms with van der Waals surface area (Å²) in [6.07, 6.45) is 13.3. The minimum atomic E-state index is -3.22. The number of halogens is 5. The van der Waals surface area contributed by atoms with E-state index in [-0.39, 0.29) is 60.2 Å². The number of H-pyrrole nitrogens is 1. The maximum atomic E-state index is 11.3. The predicted molar refractivity (Wildman–Crippen MR) is 419 cm³/mol. The molecule has 2 saturated carbocycles. The van der Waals surface area contributed by atoms with E-state index in [0.717, 1.165) is 53.6 Å². The zero-order valence-corrected chi connectivity index (χ0v) is 65.0. The second kappa shape index (κ2) is 49.7. The van der Waals surface area contributed by atoms with Crippen molar-refractivity contribution in [2.75, 3.05) is 80.6 Å². The number of aliphatic imine (C=N–C) groups is 2. The number of nitrogens with one attached hydrogen (secondary N) is 3. The molecule has 590 valence electrons. The van der Waals surface area contributed by atoms with Gasteiger partial charge in [-0.1, -0.05) is 133 Å². The number of hydrogen-bond donors (Lipinski definition) is 5. The van der Waals surface area contributed by atoms with Crippen LogP contribution < -0.4 is 22.3 Å². The molecule has 7 aromatic rings. The minimum absolute atomic E-state index is 0. The lowest BCUT2D eigenvalue weighted by Crippen LogP contribution is -2.30. The number of nitrogens with two attached hydrogens (primary N) is 2. The Morgan fingerprint density at radius 1 is 0.673 bits per heavy atom. The first-order valence-electron chi connectivity index (χ1n) is 32.0. The van der Waals surface area contributed by atoms with E-state index in [1.54, 1.807) is 78.6 Å². The molecule has 0 unspecified atom stereocenters. The highest BCUT2D eigenvalue weighted by atomic mass is 36.0. The Hall–Kier alpha value is -11.2. The maximum absolute atomic E-state index is 11.3. The number of nitrogen functional groups attached to an aromatic ring is 1. The van der Waals surface area contributed by atoms with Gasteiger partial charge in [0.1, 0.15) is 41.9 Å². The number of amidine groups is 3. The van der Waals surface area contributed by atoms with Gasteiger partial charge >= 0.3 is 45.5 Å². The smallest absolute Gasteiger partial charge is 0.411 e. The first kappa shape index (κ1) is 94.9. The second-order valence-electron chi connectivity index (χ2n) is 22.3. The van der Waals surface area contributed by atoms with E-state index in [9.17, 15) is 69.5 Å². The lowest BCUT2D eigenvalue weighted by molar-refractivity contribution is -0.470. The van der Waals surface area contributed by atoms with E-state index in [2.05, 4.69) is 88.4 Å². The van der Waals surface area contributed by atoms with Crippen molar-refractivity contribution >= 4 is 115 Å². The first-order chi connectivity index (χ1) is 51.6. The number of aromatic amines is 1. The van der Waals surface area contributed by atoms with Crippen LogP contribution in [0.15, 0.2) is 190 Å². The van der Waals surface area contributed by atoms with Crippen molar-refractivity contribution in [2.24, 2.45) is 33.3 Å². The Labute approximate surface area is 655 Å². The third-order valence-electron chi connectivity index (χ3n) is 13.5. The van der Waals surface area contributed by atoms with Crippen LogP contribution in [0.4, 0.5) is 22.9 Å². The van der Waals surface area contributed by atoms with E-state index >= 15 is 0 Å². The number of benzene rings is 4. The van der Waals surface area contributed by atoms with Crippen molar-refractivity contribution in [3.8, 4) is 34.2 Å². The van der Waals surface area contributed by atoms with Crippen LogP contribution in [0.25, 0.3) is 34.2 Å². The summed E-state index contributed by atoms with van der Waals surface area (Å²) < 4.78 is 28.0. The summed E-state index contributed by atoms with van der Waals surface area (Å²) in [6.45, 7) is 4.29. The SMILES string of the molecule is CCOC(=O)/C(=C\N(C)C)[N+](=O)[O-].CCOC(=O)C[N+](=O)[O-].COC(OC)N(C)C.Cl.N=C(N)c1ccccc1.NC1=NCC(C2CC2)=C1.O=P(Cl)(Cl)Cl.O=[N+]([O-])c1cnc(-c2ccccc2)nc1Cl.O=[N+]([O-])c1cnc(-c2ccccc2)nc1NC1=NCC(C2CC2)=C1.O=c1[nH]c(-c2ccccc2)ncc1[N+](=O)[O-]. The predicted octanol–water partition coefficient (Wildman–Crippen LogP) is 12.3. The zero-order valence-electron chi connectivity index (χ0n) is 60.2. The van der Waals surface area contributed by atoms with Gasteiger partial charge < -0.3 is 45.6 Å². The molecule has 2 aliphatic carbocycles. The number of nitro groups is 5. The summed E-state index contributed by atoms with van der Waals surface area (Å²) in [4.78, 5) is 115. The molecular weight excluding hydrogens is 1570 g/mol. The average Bonchev–Trinajstić information content (AvgIpc) is 1.64. The normalized spacial score (nSPS) is 12.7. The number of esters is 2.